The van der Waals surface area contributed by atoms with Crippen LogP contribution in [0.3, 0.4) is 0 Å². The summed E-state index contributed by atoms with van der Waals surface area (Å²) in [6.45, 7) is 1.92. The molecule has 0 fully saturated rings. The highest BCUT2D eigenvalue weighted by atomic mass is 35.5. The van der Waals surface area contributed by atoms with Crippen LogP contribution in [0.15, 0.2) is 30.3 Å². The SMILES string of the molecule is Cc1nn(C)c(CCC(N)c2ccccc2)c1Cl. The molecule has 1 atom stereocenters. The highest BCUT2D eigenvalue weighted by Crippen LogP contribution is 2.23. The third-order valence-electron chi connectivity index (χ3n) is 3.18. The Kier molecular flexibility index (Phi) is 4.04. The van der Waals surface area contributed by atoms with Gasteiger partial charge in [-0.3, -0.25) is 4.68 Å². The average Bonchev–Trinajstić information content (AvgIpc) is 2.62. The lowest BCUT2D eigenvalue weighted by molar-refractivity contribution is 0.613. The summed E-state index contributed by atoms with van der Waals surface area (Å²) in [5, 5.41) is 5.07. The highest BCUT2D eigenvalue weighted by molar-refractivity contribution is 6.31. The molecule has 2 N–H and O–H groups in total. The molecule has 0 bridgehead atoms. The topological polar surface area (TPSA) is 43.8 Å². The van der Waals surface area contributed by atoms with E-state index >= 15 is 0 Å². The number of hydrogen-bond acceptors (Lipinski definition) is 2. The molecule has 0 amide bonds. The number of benzene rings is 1. The van der Waals surface area contributed by atoms with Gasteiger partial charge in [0.2, 0.25) is 0 Å². The molecule has 0 aliphatic heterocycles. The van der Waals surface area contributed by atoms with E-state index in [-0.39, 0.29) is 6.04 Å². The Hall–Kier alpha value is -1.32. The first-order valence-corrected chi connectivity index (χ1v) is 6.46. The molecule has 1 aromatic carbocycles. The molecule has 0 spiro atoms. The molecule has 18 heavy (non-hydrogen) atoms. The van der Waals surface area contributed by atoms with Crippen molar-refractivity contribution in [2.75, 3.05) is 0 Å². The summed E-state index contributed by atoms with van der Waals surface area (Å²) >= 11 is 6.22. The molecule has 1 unspecified atom stereocenters. The van der Waals surface area contributed by atoms with Gasteiger partial charge in [-0.2, -0.15) is 5.10 Å². The van der Waals surface area contributed by atoms with Crippen molar-refractivity contribution >= 4 is 11.6 Å². The van der Waals surface area contributed by atoms with Gasteiger partial charge < -0.3 is 5.73 Å². The van der Waals surface area contributed by atoms with Gasteiger partial charge in [-0.15, -0.1) is 0 Å². The summed E-state index contributed by atoms with van der Waals surface area (Å²) < 4.78 is 1.84. The van der Waals surface area contributed by atoms with E-state index in [1.807, 2.05) is 36.9 Å². The molecule has 1 aromatic heterocycles. The standard InChI is InChI=1S/C14H18ClN3/c1-10-14(15)13(18(2)17-10)9-8-12(16)11-6-4-3-5-7-11/h3-7,12H,8-9,16H2,1-2H3. The van der Waals surface area contributed by atoms with Crippen molar-refractivity contribution in [1.29, 1.82) is 0 Å². The first-order chi connectivity index (χ1) is 8.59. The molecule has 0 saturated heterocycles. The van der Waals surface area contributed by atoms with Gasteiger partial charge in [0.25, 0.3) is 0 Å². The molecular weight excluding hydrogens is 246 g/mol. The Morgan fingerprint density at radius 2 is 2.00 bits per heavy atom. The smallest absolute Gasteiger partial charge is 0.0846 e. The first kappa shape index (κ1) is 13.1. The Balaban J connectivity index is 2.04. The van der Waals surface area contributed by atoms with Crippen LogP contribution in [0.4, 0.5) is 0 Å². The largest absolute Gasteiger partial charge is 0.324 e. The number of aryl methyl sites for hydroxylation is 2. The molecule has 0 radical (unpaired) electrons. The third-order valence-corrected chi connectivity index (χ3v) is 3.67. The van der Waals surface area contributed by atoms with Gasteiger partial charge >= 0.3 is 0 Å². The van der Waals surface area contributed by atoms with Crippen LogP contribution in [-0.2, 0) is 13.5 Å². The summed E-state index contributed by atoms with van der Waals surface area (Å²) in [5.74, 6) is 0. The van der Waals surface area contributed by atoms with Crippen LogP contribution >= 0.6 is 11.6 Å². The Morgan fingerprint density at radius 3 is 2.56 bits per heavy atom. The van der Waals surface area contributed by atoms with Crippen molar-refractivity contribution in [3.8, 4) is 0 Å². The zero-order chi connectivity index (χ0) is 13.1. The predicted molar refractivity (Wildman–Crippen MR) is 74.6 cm³/mol. The van der Waals surface area contributed by atoms with E-state index in [1.54, 1.807) is 0 Å². The minimum absolute atomic E-state index is 0.0393. The van der Waals surface area contributed by atoms with Gasteiger partial charge in [0, 0.05) is 13.1 Å². The molecule has 2 aromatic rings. The Bertz CT molecular complexity index is 519. The molecule has 3 nitrogen and oxygen atoms in total. The molecule has 4 heteroatoms. The molecule has 0 aliphatic rings. The summed E-state index contributed by atoms with van der Waals surface area (Å²) in [6, 6.07) is 10.2. The summed E-state index contributed by atoms with van der Waals surface area (Å²) in [7, 11) is 1.92. The second-order valence-electron chi connectivity index (χ2n) is 4.53. The molecule has 0 aliphatic carbocycles. The van der Waals surface area contributed by atoms with Gasteiger partial charge in [-0.05, 0) is 25.3 Å². The summed E-state index contributed by atoms with van der Waals surface area (Å²) in [4.78, 5) is 0. The van der Waals surface area contributed by atoms with Crippen LogP contribution in [0, 0.1) is 6.92 Å². The average molecular weight is 264 g/mol. The minimum atomic E-state index is 0.0393. The van der Waals surface area contributed by atoms with Crippen molar-refractivity contribution < 1.29 is 0 Å². The number of hydrogen-bond donors (Lipinski definition) is 1. The Morgan fingerprint density at radius 1 is 1.33 bits per heavy atom. The van der Waals surface area contributed by atoms with E-state index in [9.17, 15) is 0 Å². The van der Waals surface area contributed by atoms with Gasteiger partial charge in [0.1, 0.15) is 0 Å². The van der Waals surface area contributed by atoms with E-state index in [4.69, 9.17) is 17.3 Å². The van der Waals surface area contributed by atoms with Crippen LogP contribution in [-0.4, -0.2) is 9.78 Å². The van der Waals surface area contributed by atoms with E-state index in [0.717, 1.165) is 34.8 Å². The maximum Gasteiger partial charge on any atom is 0.0846 e. The normalized spacial score (nSPS) is 12.7. The summed E-state index contributed by atoms with van der Waals surface area (Å²) in [5.41, 5.74) is 9.27. The van der Waals surface area contributed by atoms with Crippen molar-refractivity contribution in [2.24, 2.45) is 12.8 Å². The Labute approximate surface area is 113 Å². The molecule has 2 rings (SSSR count). The zero-order valence-corrected chi connectivity index (χ0v) is 11.5. The number of nitrogens with two attached hydrogens (primary N) is 1. The minimum Gasteiger partial charge on any atom is -0.324 e. The van der Waals surface area contributed by atoms with Crippen molar-refractivity contribution in [3.63, 3.8) is 0 Å². The number of nitrogens with zero attached hydrogens (tertiary/aromatic N) is 2. The van der Waals surface area contributed by atoms with Crippen molar-refractivity contribution in [2.45, 2.75) is 25.8 Å². The van der Waals surface area contributed by atoms with Crippen molar-refractivity contribution in [1.82, 2.24) is 9.78 Å². The number of rotatable bonds is 4. The van der Waals surface area contributed by atoms with Crippen LogP contribution in [0.5, 0.6) is 0 Å². The van der Waals surface area contributed by atoms with E-state index in [2.05, 4.69) is 17.2 Å². The fourth-order valence-corrected chi connectivity index (χ4v) is 2.37. The predicted octanol–water partition coefficient (Wildman–Crippen LogP) is 3.01. The fourth-order valence-electron chi connectivity index (χ4n) is 2.11. The quantitative estimate of drug-likeness (QED) is 0.922. The lowest BCUT2D eigenvalue weighted by Gasteiger charge is -2.12. The van der Waals surface area contributed by atoms with Gasteiger partial charge in [0.15, 0.2) is 0 Å². The fraction of sp³-hybridized carbons (Fsp3) is 0.357. The third kappa shape index (κ3) is 2.74. The van der Waals surface area contributed by atoms with E-state index in [0.29, 0.717) is 0 Å². The van der Waals surface area contributed by atoms with Crippen LogP contribution < -0.4 is 5.73 Å². The maximum atomic E-state index is 6.22. The maximum absolute atomic E-state index is 6.22. The second-order valence-corrected chi connectivity index (χ2v) is 4.90. The molecule has 0 saturated carbocycles. The van der Waals surface area contributed by atoms with Gasteiger partial charge in [-0.25, -0.2) is 0 Å². The van der Waals surface area contributed by atoms with Crippen LogP contribution in [0.2, 0.25) is 5.02 Å². The highest BCUT2D eigenvalue weighted by Gasteiger charge is 2.13. The zero-order valence-electron chi connectivity index (χ0n) is 10.7. The lowest BCUT2D eigenvalue weighted by Crippen LogP contribution is -2.12. The first-order valence-electron chi connectivity index (χ1n) is 6.08. The summed E-state index contributed by atoms with van der Waals surface area (Å²) in [6.07, 6.45) is 1.70. The van der Waals surface area contributed by atoms with Crippen LogP contribution in [0.25, 0.3) is 0 Å². The van der Waals surface area contributed by atoms with E-state index < -0.39 is 0 Å². The molecular formula is C14H18ClN3. The van der Waals surface area contributed by atoms with Gasteiger partial charge in [-0.1, -0.05) is 41.9 Å². The van der Waals surface area contributed by atoms with E-state index in [1.165, 1.54) is 0 Å². The van der Waals surface area contributed by atoms with Gasteiger partial charge in [0.05, 0.1) is 16.4 Å². The molecule has 1 heterocycles. The number of halogens is 1. The van der Waals surface area contributed by atoms with Crippen molar-refractivity contribution in [3.05, 3.63) is 52.3 Å². The lowest BCUT2D eigenvalue weighted by atomic mass is 10.0. The second kappa shape index (κ2) is 5.55. The molecule has 96 valence electrons. The number of aromatic nitrogens is 2. The van der Waals surface area contributed by atoms with Crippen LogP contribution in [0.1, 0.15) is 29.4 Å². The monoisotopic (exact) mass is 263 g/mol.